The average Bonchev–Trinajstić information content (AvgIpc) is 3.28. The Morgan fingerprint density at radius 1 is 1.00 bits per heavy atom. The summed E-state index contributed by atoms with van der Waals surface area (Å²) < 4.78 is 13.1. The highest BCUT2D eigenvalue weighted by Crippen LogP contribution is 2.26. The highest BCUT2D eigenvalue weighted by molar-refractivity contribution is 5.82. The van der Waals surface area contributed by atoms with Gasteiger partial charge in [0.1, 0.15) is 5.82 Å². The summed E-state index contributed by atoms with van der Waals surface area (Å²) in [6.07, 6.45) is 4.65. The SMILES string of the molecule is CC(C)CCN(c1ccc(CCc2ccc(F)cc2)cc1)[C@H]1CCN(C(=O)C(N)CC(C)C)C1. The maximum atomic E-state index is 13.1. The number of aryl methyl sites for hydroxylation is 2. The molecule has 1 unspecified atom stereocenters. The molecule has 1 saturated heterocycles. The van der Waals surface area contributed by atoms with Crippen LogP contribution in [0.25, 0.3) is 0 Å². The Kier molecular flexibility index (Phi) is 9.52. The van der Waals surface area contributed by atoms with Gasteiger partial charge in [0.05, 0.1) is 6.04 Å². The van der Waals surface area contributed by atoms with E-state index in [-0.39, 0.29) is 11.7 Å². The second-order valence-electron chi connectivity index (χ2n) is 10.6. The van der Waals surface area contributed by atoms with Crippen molar-refractivity contribution in [1.29, 1.82) is 0 Å². The first-order chi connectivity index (χ1) is 16.2. The van der Waals surface area contributed by atoms with Crippen molar-refractivity contribution in [3.8, 4) is 0 Å². The molecule has 1 aliphatic rings. The average molecular weight is 468 g/mol. The lowest BCUT2D eigenvalue weighted by Crippen LogP contribution is -2.45. The highest BCUT2D eigenvalue weighted by Gasteiger charge is 2.32. The molecule has 186 valence electrons. The monoisotopic (exact) mass is 467 g/mol. The van der Waals surface area contributed by atoms with Gasteiger partial charge in [0, 0.05) is 31.4 Å². The van der Waals surface area contributed by atoms with E-state index in [0.717, 1.165) is 57.3 Å². The van der Waals surface area contributed by atoms with Crippen LogP contribution in [0.2, 0.25) is 0 Å². The van der Waals surface area contributed by atoms with Crippen molar-refractivity contribution in [2.24, 2.45) is 17.6 Å². The molecule has 0 aromatic heterocycles. The van der Waals surface area contributed by atoms with Crippen LogP contribution in [0.5, 0.6) is 0 Å². The van der Waals surface area contributed by atoms with Crippen LogP contribution < -0.4 is 10.6 Å². The summed E-state index contributed by atoms with van der Waals surface area (Å²) in [5.41, 5.74) is 9.85. The first-order valence-corrected chi connectivity index (χ1v) is 12.9. The molecule has 2 N–H and O–H groups in total. The maximum absolute atomic E-state index is 13.1. The fourth-order valence-electron chi connectivity index (χ4n) is 4.75. The lowest BCUT2D eigenvalue weighted by atomic mass is 10.0. The van der Waals surface area contributed by atoms with Gasteiger partial charge in [-0.2, -0.15) is 0 Å². The van der Waals surface area contributed by atoms with E-state index in [1.165, 1.54) is 23.4 Å². The molecule has 34 heavy (non-hydrogen) atoms. The number of nitrogens with two attached hydrogens (primary N) is 1. The topological polar surface area (TPSA) is 49.6 Å². The number of amides is 1. The minimum atomic E-state index is -0.400. The molecule has 0 saturated carbocycles. The van der Waals surface area contributed by atoms with E-state index < -0.39 is 6.04 Å². The van der Waals surface area contributed by atoms with E-state index in [0.29, 0.717) is 17.9 Å². The van der Waals surface area contributed by atoms with Crippen LogP contribution in [0.15, 0.2) is 48.5 Å². The van der Waals surface area contributed by atoms with Crippen molar-refractivity contribution < 1.29 is 9.18 Å². The maximum Gasteiger partial charge on any atom is 0.239 e. The van der Waals surface area contributed by atoms with Crippen molar-refractivity contribution in [2.75, 3.05) is 24.5 Å². The molecule has 2 atom stereocenters. The summed E-state index contributed by atoms with van der Waals surface area (Å²) in [7, 11) is 0. The minimum absolute atomic E-state index is 0.0937. The molecule has 0 bridgehead atoms. The van der Waals surface area contributed by atoms with Crippen LogP contribution in [0.3, 0.4) is 0 Å². The highest BCUT2D eigenvalue weighted by atomic mass is 19.1. The van der Waals surface area contributed by atoms with Gasteiger partial charge < -0.3 is 15.5 Å². The van der Waals surface area contributed by atoms with Crippen LogP contribution in [0.1, 0.15) is 58.1 Å². The van der Waals surface area contributed by atoms with Gasteiger partial charge in [0.15, 0.2) is 0 Å². The number of hydrogen-bond donors (Lipinski definition) is 1. The van der Waals surface area contributed by atoms with Gasteiger partial charge in [-0.05, 0) is 79.3 Å². The van der Waals surface area contributed by atoms with Crippen LogP contribution in [0.4, 0.5) is 10.1 Å². The lowest BCUT2D eigenvalue weighted by molar-refractivity contribution is -0.131. The zero-order valence-corrected chi connectivity index (χ0v) is 21.3. The van der Waals surface area contributed by atoms with Gasteiger partial charge in [0.2, 0.25) is 5.91 Å². The summed E-state index contributed by atoms with van der Waals surface area (Å²) in [6.45, 7) is 11.2. The second kappa shape index (κ2) is 12.3. The van der Waals surface area contributed by atoms with Gasteiger partial charge in [0.25, 0.3) is 0 Å². The molecule has 2 aromatic carbocycles. The van der Waals surface area contributed by atoms with E-state index >= 15 is 0 Å². The van der Waals surface area contributed by atoms with Gasteiger partial charge >= 0.3 is 0 Å². The van der Waals surface area contributed by atoms with Crippen LogP contribution in [-0.2, 0) is 17.6 Å². The summed E-state index contributed by atoms with van der Waals surface area (Å²) in [5.74, 6) is 0.942. The molecule has 0 aliphatic carbocycles. The Morgan fingerprint density at radius 3 is 2.15 bits per heavy atom. The lowest BCUT2D eigenvalue weighted by Gasteiger charge is -2.32. The van der Waals surface area contributed by atoms with Crippen LogP contribution in [-0.4, -0.2) is 42.5 Å². The number of nitrogens with zero attached hydrogens (tertiary/aromatic N) is 2. The molecule has 0 radical (unpaired) electrons. The Labute approximate surface area is 205 Å². The zero-order chi connectivity index (χ0) is 24.7. The first-order valence-electron chi connectivity index (χ1n) is 12.9. The van der Waals surface area contributed by atoms with Crippen molar-refractivity contribution >= 4 is 11.6 Å². The predicted octanol–water partition coefficient (Wildman–Crippen LogP) is 5.44. The quantitative estimate of drug-likeness (QED) is 0.479. The van der Waals surface area contributed by atoms with E-state index in [1.54, 1.807) is 0 Å². The van der Waals surface area contributed by atoms with E-state index in [4.69, 9.17) is 5.73 Å². The van der Waals surface area contributed by atoms with E-state index in [9.17, 15) is 9.18 Å². The number of carbonyl (C=O) groups is 1. The number of likely N-dealkylation sites (tertiary alicyclic amines) is 1. The minimum Gasteiger partial charge on any atom is -0.367 e. The van der Waals surface area contributed by atoms with Crippen molar-refractivity contribution in [3.63, 3.8) is 0 Å². The van der Waals surface area contributed by atoms with Crippen molar-refractivity contribution in [1.82, 2.24) is 4.90 Å². The van der Waals surface area contributed by atoms with Crippen molar-refractivity contribution in [2.45, 2.75) is 71.9 Å². The van der Waals surface area contributed by atoms with Gasteiger partial charge in [-0.25, -0.2) is 4.39 Å². The number of halogens is 1. The number of rotatable bonds is 11. The Morgan fingerprint density at radius 2 is 1.59 bits per heavy atom. The predicted molar refractivity (Wildman–Crippen MR) is 139 cm³/mol. The number of carbonyl (C=O) groups excluding carboxylic acids is 1. The van der Waals surface area contributed by atoms with E-state index in [2.05, 4.69) is 56.9 Å². The Balaban J connectivity index is 1.64. The molecule has 1 amide bonds. The van der Waals surface area contributed by atoms with Crippen LogP contribution in [0, 0.1) is 17.7 Å². The van der Waals surface area contributed by atoms with Gasteiger partial charge in [-0.15, -0.1) is 0 Å². The Bertz CT molecular complexity index is 895. The molecule has 2 aromatic rings. The number of hydrogen-bond acceptors (Lipinski definition) is 3. The largest absolute Gasteiger partial charge is 0.367 e. The molecule has 5 heteroatoms. The van der Waals surface area contributed by atoms with Gasteiger partial charge in [-0.3, -0.25) is 4.79 Å². The van der Waals surface area contributed by atoms with E-state index in [1.807, 2.05) is 17.0 Å². The smallest absolute Gasteiger partial charge is 0.239 e. The zero-order valence-electron chi connectivity index (χ0n) is 21.3. The van der Waals surface area contributed by atoms with Gasteiger partial charge in [-0.1, -0.05) is 52.0 Å². The molecule has 4 nitrogen and oxygen atoms in total. The van der Waals surface area contributed by atoms with Crippen molar-refractivity contribution in [3.05, 3.63) is 65.5 Å². The number of anilines is 1. The third kappa shape index (κ3) is 7.56. The fraction of sp³-hybridized carbons (Fsp3) is 0.552. The summed E-state index contributed by atoms with van der Waals surface area (Å²) in [4.78, 5) is 17.3. The fourth-order valence-corrected chi connectivity index (χ4v) is 4.75. The summed E-state index contributed by atoms with van der Waals surface area (Å²) >= 11 is 0. The molecule has 1 heterocycles. The Hall–Kier alpha value is -2.40. The first kappa shape index (κ1) is 26.2. The molecular weight excluding hydrogens is 425 g/mol. The molecule has 1 aliphatic heterocycles. The summed E-state index contributed by atoms with van der Waals surface area (Å²) in [6, 6.07) is 15.5. The number of benzene rings is 2. The molecule has 1 fully saturated rings. The molecular formula is C29H42FN3O. The standard InChI is InChI=1S/C29H42FN3O/c1-21(2)15-18-33(27-16-17-32(20-27)29(34)28(31)19-22(3)4)26-13-9-24(10-14-26)6-5-23-7-11-25(30)12-8-23/h7-14,21-22,27-28H,5-6,15-20,31H2,1-4H3/t27-,28?/m0/s1. The third-order valence-corrected chi connectivity index (χ3v) is 6.79. The molecule has 3 rings (SSSR count). The normalized spacial score (nSPS) is 16.9. The second-order valence-corrected chi connectivity index (χ2v) is 10.6. The third-order valence-electron chi connectivity index (χ3n) is 6.79. The van der Waals surface area contributed by atoms with Crippen LogP contribution >= 0.6 is 0 Å². The summed E-state index contributed by atoms with van der Waals surface area (Å²) in [5, 5.41) is 0. The molecule has 0 spiro atoms.